The SMILES string of the molecule is O=c1c(=O)n2c(nn1Cc1cccs1)[C@@]1(CCN(Cc3ccsc3)C1)CC2. The molecular formula is C19H20N4O2S2. The Morgan fingerprint density at radius 3 is 2.74 bits per heavy atom. The van der Waals surface area contributed by atoms with Crippen LogP contribution in [0.2, 0.25) is 0 Å². The molecule has 0 radical (unpaired) electrons. The number of thiophene rings is 2. The highest BCUT2D eigenvalue weighted by molar-refractivity contribution is 7.09. The van der Waals surface area contributed by atoms with Crippen molar-refractivity contribution < 1.29 is 0 Å². The second-order valence-electron chi connectivity index (χ2n) is 7.45. The average molecular weight is 401 g/mol. The van der Waals surface area contributed by atoms with Gasteiger partial charge < -0.3 is 0 Å². The molecule has 0 amide bonds. The minimum Gasteiger partial charge on any atom is -0.298 e. The third-order valence-electron chi connectivity index (χ3n) is 5.73. The van der Waals surface area contributed by atoms with Gasteiger partial charge in [0.15, 0.2) is 0 Å². The van der Waals surface area contributed by atoms with Crippen LogP contribution in [0.3, 0.4) is 0 Å². The highest BCUT2D eigenvalue weighted by atomic mass is 32.1. The molecule has 1 atom stereocenters. The molecule has 0 unspecified atom stereocenters. The zero-order chi connectivity index (χ0) is 18.4. The molecular weight excluding hydrogens is 380 g/mol. The summed E-state index contributed by atoms with van der Waals surface area (Å²) in [7, 11) is 0. The van der Waals surface area contributed by atoms with Crippen LogP contribution in [0.25, 0.3) is 0 Å². The Kier molecular flexibility index (Phi) is 4.14. The number of nitrogens with zero attached hydrogens (tertiary/aromatic N) is 4. The Balaban J connectivity index is 1.48. The minimum atomic E-state index is -0.516. The zero-order valence-corrected chi connectivity index (χ0v) is 16.5. The first kappa shape index (κ1) is 17.1. The number of hydrogen-bond acceptors (Lipinski definition) is 6. The molecule has 1 fully saturated rings. The summed E-state index contributed by atoms with van der Waals surface area (Å²) in [5.74, 6) is 0.802. The van der Waals surface area contributed by atoms with Crippen LogP contribution < -0.4 is 11.1 Å². The molecule has 27 heavy (non-hydrogen) atoms. The fourth-order valence-corrected chi connectivity index (χ4v) is 5.70. The molecule has 0 N–H and O–H groups in total. The molecule has 8 heteroatoms. The van der Waals surface area contributed by atoms with Gasteiger partial charge in [-0.25, -0.2) is 4.68 Å². The molecule has 140 valence electrons. The molecule has 0 aromatic carbocycles. The van der Waals surface area contributed by atoms with Gasteiger partial charge in [-0.3, -0.25) is 19.1 Å². The van der Waals surface area contributed by atoms with E-state index in [1.165, 1.54) is 10.2 Å². The van der Waals surface area contributed by atoms with Gasteiger partial charge in [-0.1, -0.05) is 6.07 Å². The van der Waals surface area contributed by atoms with Gasteiger partial charge in [0.25, 0.3) is 0 Å². The van der Waals surface area contributed by atoms with Crippen molar-refractivity contribution in [3.05, 3.63) is 71.3 Å². The summed E-state index contributed by atoms with van der Waals surface area (Å²) < 4.78 is 3.00. The van der Waals surface area contributed by atoms with Crippen LogP contribution in [0.15, 0.2) is 43.9 Å². The van der Waals surface area contributed by atoms with Crippen LogP contribution in [-0.2, 0) is 25.0 Å². The van der Waals surface area contributed by atoms with Crippen LogP contribution in [0.1, 0.15) is 29.1 Å². The fourth-order valence-electron chi connectivity index (χ4n) is 4.35. The molecule has 0 aliphatic carbocycles. The van der Waals surface area contributed by atoms with E-state index in [4.69, 9.17) is 5.10 Å². The lowest BCUT2D eigenvalue weighted by molar-refractivity contribution is 0.298. The van der Waals surface area contributed by atoms with Crippen molar-refractivity contribution in [1.82, 2.24) is 19.2 Å². The monoisotopic (exact) mass is 400 g/mol. The van der Waals surface area contributed by atoms with Crippen molar-refractivity contribution in [2.75, 3.05) is 13.1 Å². The van der Waals surface area contributed by atoms with Crippen molar-refractivity contribution in [2.45, 2.75) is 37.9 Å². The number of fused-ring (bicyclic) bond motifs is 2. The first-order valence-electron chi connectivity index (χ1n) is 9.13. The smallest absolute Gasteiger partial charge is 0.298 e. The van der Waals surface area contributed by atoms with E-state index in [1.807, 2.05) is 17.5 Å². The molecule has 6 nitrogen and oxygen atoms in total. The van der Waals surface area contributed by atoms with Gasteiger partial charge in [0.05, 0.1) is 6.54 Å². The molecule has 2 aliphatic heterocycles. The summed E-state index contributed by atoms with van der Waals surface area (Å²) in [5, 5.41) is 11.0. The van der Waals surface area contributed by atoms with Gasteiger partial charge in [0.2, 0.25) is 0 Å². The quantitative estimate of drug-likeness (QED) is 0.630. The van der Waals surface area contributed by atoms with Crippen molar-refractivity contribution in [3.63, 3.8) is 0 Å². The topological polar surface area (TPSA) is 60.1 Å². The first-order chi connectivity index (χ1) is 13.1. The minimum absolute atomic E-state index is 0.111. The Hall–Kier alpha value is -2.03. The van der Waals surface area contributed by atoms with Gasteiger partial charge in [-0.15, -0.1) is 11.3 Å². The highest BCUT2D eigenvalue weighted by Gasteiger charge is 2.47. The van der Waals surface area contributed by atoms with E-state index >= 15 is 0 Å². The zero-order valence-electron chi connectivity index (χ0n) is 14.8. The second-order valence-corrected chi connectivity index (χ2v) is 9.26. The van der Waals surface area contributed by atoms with Gasteiger partial charge in [-0.05, 0) is 53.2 Å². The van der Waals surface area contributed by atoms with Gasteiger partial charge >= 0.3 is 11.1 Å². The lowest BCUT2D eigenvalue weighted by Crippen LogP contribution is -2.45. The summed E-state index contributed by atoms with van der Waals surface area (Å²) in [5.41, 5.74) is 0.283. The molecule has 5 heterocycles. The molecule has 3 aromatic heterocycles. The molecule has 0 saturated carbocycles. The van der Waals surface area contributed by atoms with Gasteiger partial charge in [-0.2, -0.15) is 16.4 Å². The second kappa shape index (κ2) is 6.54. The van der Waals surface area contributed by atoms with Crippen LogP contribution in [0, 0.1) is 0 Å². The third kappa shape index (κ3) is 2.92. The summed E-state index contributed by atoms with van der Waals surface area (Å²) in [6.45, 7) is 3.80. The van der Waals surface area contributed by atoms with Crippen molar-refractivity contribution in [2.24, 2.45) is 0 Å². The van der Waals surface area contributed by atoms with Crippen LogP contribution >= 0.6 is 22.7 Å². The molecule has 3 aromatic rings. The summed E-state index contributed by atoms with van der Waals surface area (Å²) >= 11 is 3.30. The van der Waals surface area contributed by atoms with E-state index in [2.05, 4.69) is 21.7 Å². The Morgan fingerprint density at radius 2 is 1.96 bits per heavy atom. The maximum Gasteiger partial charge on any atom is 0.332 e. The van der Waals surface area contributed by atoms with E-state index in [0.29, 0.717) is 13.1 Å². The summed E-state index contributed by atoms with van der Waals surface area (Å²) in [6, 6.07) is 6.09. The largest absolute Gasteiger partial charge is 0.332 e. The van der Waals surface area contributed by atoms with Gasteiger partial charge in [0, 0.05) is 29.9 Å². The normalized spacial score (nSPS) is 21.9. The average Bonchev–Trinajstić information content (AvgIpc) is 3.44. The first-order valence-corrected chi connectivity index (χ1v) is 11.0. The fraction of sp³-hybridized carbons (Fsp3) is 0.421. The Morgan fingerprint density at radius 1 is 1.07 bits per heavy atom. The number of aromatic nitrogens is 3. The van der Waals surface area contributed by atoms with E-state index in [0.717, 1.165) is 43.2 Å². The summed E-state index contributed by atoms with van der Waals surface area (Å²) in [6.07, 6.45) is 1.87. The molecule has 2 aliphatic rings. The van der Waals surface area contributed by atoms with E-state index in [1.54, 1.807) is 27.2 Å². The lowest BCUT2D eigenvalue weighted by atomic mass is 9.85. The lowest BCUT2D eigenvalue weighted by Gasteiger charge is -2.23. The predicted molar refractivity (Wildman–Crippen MR) is 107 cm³/mol. The van der Waals surface area contributed by atoms with E-state index < -0.39 is 11.1 Å². The van der Waals surface area contributed by atoms with Crippen molar-refractivity contribution in [3.8, 4) is 0 Å². The summed E-state index contributed by atoms with van der Waals surface area (Å²) in [4.78, 5) is 28.6. The molecule has 1 saturated heterocycles. The number of likely N-dealkylation sites (tertiary alicyclic amines) is 1. The maximum absolute atomic E-state index is 12.7. The van der Waals surface area contributed by atoms with Crippen LogP contribution in [0.5, 0.6) is 0 Å². The van der Waals surface area contributed by atoms with E-state index in [9.17, 15) is 9.59 Å². The third-order valence-corrected chi connectivity index (χ3v) is 7.32. The van der Waals surface area contributed by atoms with Crippen LogP contribution in [-0.4, -0.2) is 32.3 Å². The Bertz CT molecular complexity index is 1070. The van der Waals surface area contributed by atoms with Crippen molar-refractivity contribution in [1.29, 1.82) is 0 Å². The predicted octanol–water partition coefficient (Wildman–Crippen LogP) is 2.12. The molecule has 5 rings (SSSR count). The van der Waals surface area contributed by atoms with Crippen LogP contribution in [0.4, 0.5) is 0 Å². The molecule has 0 bridgehead atoms. The van der Waals surface area contributed by atoms with Crippen molar-refractivity contribution >= 4 is 22.7 Å². The number of hydrogen-bond donors (Lipinski definition) is 0. The molecule has 1 spiro atoms. The van der Waals surface area contributed by atoms with E-state index in [-0.39, 0.29) is 5.41 Å². The maximum atomic E-state index is 12.7. The standard InChI is InChI=1S/C19H20N4O2S2/c24-16-17(25)23(11-15-2-1-8-27-15)20-18-19(5-7-22(16)18)4-6-21(13-19)10-14-3-9-26-12-14/h1-3,8-9,12H,4-7,10-11,13H2/t19-/m0/s1. The number of rotatable bonds is 4. The highest BCUT2D eigenvalue weighted by Crippen LogP contribution is 2.40. The Labute approximate surface area is 164 Å². The van der Waals surface area contributed by atoms with Gasteiger partial charge in [0.1, 0.15) is 5.82 Å².